The van der Waals surface area contributed by atoms with Crippen molar-refractivity contribution < 1.29 is 12.8 Å². The van der Waals surface area contributed by atoms with Crippen molar-refractivity contribution in [2.45, 2.75) is 16.3 Å². The summed E-state index contributed by atoms with van der Waals surface area (Å²) in [4.78, 5) is 0.371. The van der Waals surface area contributed by atoms with E-state index in [1.165, 1.54) is 23.9 Å². The second-order valence-electron chi connectivity index (χ2n) is 4.27. The molecule has 21 heavy (non-hydrogen) atoms. The Balaban J connectivity index is 2.39. The van der Waals surface area contributed by atoms with Crippen LogP contribution >= 0.6 is 11.8 Å². The van der Waals surface area contributed by atoms with Gasteiger partial charge >= 0.3 is 0 Å². The van der Waals surface area contributed by atoms with Crippen molar-refractivity contribution >= 4 is 27.5 Å². The van der Waals surface area contributed by atoms with E-state index in [1.54, 1.807) is 24.3 Å². The van der Waals surface area contributed by atoms with E-state index in [1.807, 2.05) is 6.26 Å². The van der Waals surface area contributed by atoms with Crippen molar-refractivity contribution in [2.75, 3.05) is 11.0 Å². The van der Waals surface area contributed by atoms with Crippen LogP contribution in [0.4, 0.5) is 10.1 Å². The summed E-state index contributed by atoms with van der Waals surface area (Å²) in [6.45, 7) is 0.153. The quantitative estimate of drug-likeness (QED) is 0.829. The normalized spacial score (nSPS) is 11.4. The van der Waals surface area contributed by atoms with Crippen LogP contribution in [0.2, 0.25) is 0 Å². The number of hydrogen-bond acceptors (Lipinski definition) is 4. The first-order valence-electron chi connectivity index (χ1n) is 6.12. The summed E-state index contributed by atoms with van der Waals surface area (Å²) >= 11 is 1.40. The predicted octanol–water partition coefficient (Wildman–Crippen LogP) is 2.81. The van der Waals surface area contributed by atoms with Crippen LogP contribution in [0.15, 0.2) is 52.3 Å². The Hall–Kier alpha value is -1.57. The molecule has 2 aromatic carbocycles. The van der Waals surface area contributed by atoms with Gasteiger partial charge in [-0.25, -0.2) is 12.8 Å². The van der Waals surface area contributed by atoms with Gasteiger partial charge in [0.05, 0.1) is 5.69 Å². The molecule has 0 spiro atoms. The van der Waals surface area contributed by atoms with Gasteiger partial charge in [0, 0.05) is 11.4 Å². The van der Waals surface area contributed by atoms with Crippen LogP contribution in [-0.2, 0) is 16.6 Å². The molecular formula is C14H15FN2O2S2. The van der Waals surface area contributed by atoms with Crippen LogP contribution in [0.25, 0.3) is 0 Å². The molecule has 0 fully saturated rings. The third-order valence-corrected chi connectivity index (χ3v) is 5.07. The Kier molecular flexibility index (Phi) is 4.87. The molecule has 4 nitrogen and oxygen atoms in total. The van der Waals surface area contributed by atoms with Gasteiger partial charge in [-0.05, 0) is 36.1 Å². The Morgan fingerprint density at radius 1 is 1.24 bits per heavy atom. The van der Waals surface area contributed by atoms with E-state index in [-0.39, 0.29) is 6.54 Å². The lowest BCUT2D eigenvalue weighted by Crippen LogP contribution is -2.15. The molecule has 2 rings (SSSR count). The first kappa shape index (κ1) is 15.8. The highest BCUT2D eigenvalue weighted by atomic mass is 32.2. The van der Waals surface area contributed by atoms with Crippen molar-refractivity contribution in [3.05, 3.63) is 53.8 Å². The first-order chi connectivity index (χ1) is 9.97. The molecule has 112 valence electrons. The minimum absolute atomic E-state index is 0.153. The molecule has 0 saturated heterocycles. The molecule has 0 aliphatic heterocycles. The van der Waals surface area contributed by atoms with Gasteiger partial charge in [0.2, 0.25) is 0 Å². The zero-order valence-corrected chi connectivity index (χ0v) is 13.0. The number of benzene rings is 2. The molecule has 3 N–H and O–H groups in total. The van der Waals surface area contributed by atoms with Gasteiger partial charge in [0.25, 0.3) is 10.0 Å². The molecule has 0 unspecified atom stereocenters. The second kappa shape index (κ2) is 6.46. The topological polar surface area (TPSA) is 72.2 Å². The third kappa shape index (κ3) is 3.55. The molecule has 2 aromatic rings. The van der Waals surface area contributed by atoms with E-state index in [0.717, 1.165) is 11.0 Å². The lowest BCUT2D eigenvalue weighted by molar-refractivity contribution is 0.569. The third-order valence-electron chi connectivity index (χ3n) is 2.87. The maximum atomic E-state index is 13.9. The summed E-state index contributed by atoms with van der Waals surface area (Å²) in [5.41, 5.74) is 6.37. The second-order valence-corrected chi connectivity index (χ2v) is 6.77. The lowest BCUT2D eigenvalue weighted by atomic mass is 10.2. The number of anilines is 1. The number of nitrogens with one attached hydrogen (secondary N) is 1. The molecule has 7 heteroatoms. The van der Waals surface area contributed by atoms with Crippen molar-refractivity contribution in [1.29, 1.82) is 0 Å². The molecular weight excluding hydrogens is 311 g/mol. The summed E-state index contributed by atoms with van der Waals surface area (Å²) in [7, 11) is -3.98. The van der Waals surface area contributed by atoms with Crippen LogP contribution in [0, 0.1) is 5.82 Å². The predicted molar refractivity (Wildman–Crippen MR) is 83.3 cm³/mol. The van der Waals surface area contributed by atoms with Crippen LogP contribution in [-0.4, -0.2) is 14.7 Å². The number of rotatable bonds is 5. The van der Waals surface area contributed by atoms with Gasteiger partial charge in [-0.3, -0.25) is 4.72 Å². The average molecular weight is 326 g/mol. The van der Waals surface area contributed by atoms with Crippen LogP contribution in [0.3, 0.4) is 0 Å². The minimum atomic E-state index is -3.98. The largest absolute Gasteiger partial charge is 0.326 e. The standard InChI is InChI=1S/C14H15FN2O2S2/c1-20-13-5-3-2-4-12(13)17-21(18,19)14-7-6-10(9-16)8-11(14)15/h2-8,17H,9,16H2,1H3. The Morgan fingerprint density at radius 3 is 2.57 bits per heavy atom. The van der Waals surface area contributed by atoms with E-state index < -0.39 is 20.7 Å². The molecule has 0 aliphatic carbocycles. The molecule has 0 bridgehead atoms. The average Bonchev–Trinajstić information content (AvgIpc) is 2.47. The Labute approximate surface area is 127 Å². The minimum Gasteiger partial charge on any atom is -0.326 e. The van der Waals surface area contributed by atoms with Gasteiger partial charge in [-0.2, -0.15) is 0 Å². The van der Waals surface area contributed by atoms with E-state index >= 15 is 0 Å². The zero-order valence-electron chi connectivity index (χ0n) is 11.3. The number of para-hydroxylation sites is 1. The van der Waals surface area contributed by atoms with Crippen molar-refractivity contribution in [2.24, 2.45) is 5.73 Å². The fraction of sp³-hybridized carbons (Fsp3) is 0.143. The van der Waals surface area contributed by atoms with E-state index in [9.17, 15) is 12.8 Å². The van der Waals surface area contributed by atoms with Crippen molar-refractivity contribution in [3.8, 4) is 0 Å². The highest BCUT2D eigenvalue weighted by Crippen LogP contribution is 2.27. The zero-order chi connectivity index (χ0) is 15.5. The summed E-state index contributed by atoms with van der Waals surface area (Å²) in [5, 5.41) is 0. The molecule has 0 atom stereocenters. The van der Waals surface area contributed by atoms with E-state index in [0.29, 0.717) is 11.3 Å². The first-order valence-corrected chi connectivity index (χ1v) is 8.83. The molecule has 0 aliphatic rings. The monoisotopic (exact) mass is 326 g/mol. The number of hydrogen-bond donors (Lipinski definition) is 2. The number of halogens is 1. The summed E-state index contributed by atoms with van der Waals surface area (Å²) in [6.07, 6.45) is 1.84. The van der Waals surface area contributed by atoms with E-state index in [4.69, 9.17) is 5.73 Å². The van der Waals surface area contributed by atoms with Crippen LogP contribution in [0.1, 0.15) is 5.56 Å². The fourth-order valence-electron chi connectivity index (χ4n) is 1.82. The van der Waals surface area contributed by atoms with Gasteiger partial charge in [-0.1, -0.05) is 18.2 Å². The molecule has 0 heterocycles. The molecule has 0 saturated carbocycles. The maximum Gasteiger partial charge on any atom is 0.264 e. The van der Waals surface area contributed by atoms with Crippen molar-refractivity contribution in [1.82, 2.24) is 0 Å². The molecule has 0 aromatic heterocycles. The number of sulfonamides is 1. The highest BCUT2D eigenvalue weighted by molar-refractivity contribution is 7.99. The fourth-order valence-corrected chi connectivity index (χ4v) is 3.58. The molecule has 0 amide bonds. The number of thioether (sulfide) groups is 1. The van der Waals surface area contributed by atoms with Crippen molar-refractivity contribution in [3.63, 3.8) is 0 Å². The number of nitrogens with two attached hydrogens (primary N) is 1. The highest BCUT2D eigenvalue weighted by Gasteiger charge is 2.20. The van der Waals surface area contributed by atoms with Crippen LogP contribution in [0.5, 0.6) is 0 Å². The van der Waals surface area contributed by atoms with Crippen LogP contribution < -0.4 is 10.5 Å². The van der Waals surface area contributed by atoms with Gasteiger partial charge in [0.15, 0.2) is 0 Å². The Bertz CT molecular complexity index is 748. The van der Waals surface area contributed by atoms with Gasteiger partial charge < -0.3 is 5.73 Å². The summed E-state index contributed by atoms with van der Waals surface area (Å²) in [5.74, 6) is -0.813. The molecule has 0 radical (unpaired) electrons. The van der Waals surface area contributed by atoms with Gasteiger partial charge in [0.1, 0.15) is 10.7 Å². The summed E-state index contributed by atoms with van der Waals surface area (Å²) in [6, 6.07) is 10.8. The maximum absolute atomic E-state index is 13.9. The summed E-state index contributed by atoms with van der Waals surface area (Å²) < 4.78 is 40.9. The Morgan fingerprint density at radius 2 is 1.95 bits per heavy atom. The lowest BCUT2D eigenvalue weighted by Gasteiger charge is -2.12. The van der Waals surface area contributed by atoms with E-state index in [2.05, 4.69) is 4.72 Å². The van der Waals surface area contributed by atoms with Gasteiger partial charge in [-0.15, -0.1) is 11.8 Å². The smallest absolute Gasteiger partial charge is 0.264 e. The SMILES string of the molecule is CSc1ccccc1NS(=O)(=O)c1ccc(CN)cc1F.